The van der Waals surface area contributed by atoms with Crippen molar-refractivity contribution in [2.45, 2.75) is 19.8 Å². The fourth-order valence-electron chi connectivity index (χ4n) is 3.10. The first-order chi connectivity index (χ1) is 14.6. The van der Waals surface area contributed by atoms with Crippen LogP contribution in [-0.4, -0.2) is 57.2 Å². The number of rotatable bonds is 6. The summed E-state index contributed by atoms with van der Waals surface area (Å²) in [5.74, 6) is 2.22. The van der Waals surface area contributed by atoms with E-state index in [0.717, 1.165) is 42.1 Å². The molecule has 3 rings (SSSR count). The SMILES string of the molecule is CCNC(=NCCc1cccc(C(=O)N(C)C)c1)Nc1ccc2c(c1)OCCCO2.I. The summed E-state index contributed by atoms with van der Waals surface area (Å²) in [6.07, 6.45) is 1.62. The molecule has 2 aromatic rings. The number of nitrogens with zero attached hydrogens (tertiary/aromatic N) is 2. The van der Waals surface area contributed by atoms with Gasteiger partial charge in [-0.1, -0.05) is 12.1 Å². The van der Waals surface area contributed by atoms with Gasteiger partial charge in [0.05, 0.1) is 13.2 Å². The number of hydrogen-bond acceptors (Lipinski definition) is 4. The summed E-state index contributed by atoms with van der Waals surface area (Å²) >= 11 is 0. The van der Waals surface area contributed by atoms with Crippen molar-refractivity contribution in [3.63, 3.8) is 0 Å². The van der Waals surface area contributed by atoms with Gasteiger partial charge in [-0.2, -0.15) is 0 Å². The predicted molar refractivity (Wildman–Crippen MR) is 135 cm³/mol. The van der Waals surface area contributed by atoms with E-state index in [4.69, 9.17) is 9.47 Å². The predicted octanol–water partition coefficient (Wildman–Crippen LogP) is 3.79. The lowest BCUT2D eigenvalue weighted by Gasteiger charge is -2.14. The van der Waals surface area contributed by atoms with E-state index in [2.05, 4.69) is 15.6 Å². The van der Waals surface area contributed by atoms with Gasteiger partial charge in [0.15, 0.2) is 17.5 Å². The van der Waals surface area contributed by atoms with Gasteiger partial charge in [0.1, 0.15) is 0 Å². The number of halogens is 1. The van der Waals surface area contributed by atoms with E-state index in [1.807, 2.05) is 49.4 Å². The van der Waals surface area contributed by atoms with Crippen molar-refractivity contribution >= 4 is 41.5 Å². The molecule has 0 unspecified atom stereocenters. The zero-order chi connectivity index (χ0) is 21.3. The Bertz CT molecular complexity index is 902. The van der Waals surface area contributed by atoms with Crippen LogP contribution in [0.5, 0.6) is 11.5 Å². The van der Waals surface area contributed by atoms with Gasteiger partial charge in [-0.15, -0.1) is 24.0 Å². The third-order valence-electron chi connectivity index (χ3n) is 4.60. The van der Waals surface area contributed by atoms with Gasteiger partial charge < -0.3 is 25.0 Å². The van der Waals surface area contributed by atoms with Gasteiger partial charge in [-0.05, 0) is 43.2 Å². The highest BCUT2D eigenvalue weighted by Gasteiger charge is 2.11. The molecule has 31 heavy (non-hydrogen) atoms. The molecule has 1 amide bonds. The fourth-order valence-corrected chi connectivity index (χ4v) is 3.10. The van der Waals surface area contributed by atoms with Gasteiger partial charge in [0, 0.05) is 50.9 Å². The Labute approximate surface area is 201 Å². The van der Waals surface area contributed by atoms with Crippen LogP contribution < -0.4 is 20.1 Å². The summed E-state index contributed by atoms with van der Waals surface area (Å²) in [7, 11) is 3.51. The van der Waals surface area contributed by atoms with E-state index in [1.54, 1.807) is 19.0 Å². The Morgan fingerprint density at radius 2 is 1.87 bits per heavy atom. The first kappa shape index (κ1) is 24.8. The van der Waals surface area contributed by atoms with E-state index in [9.17, 15) is 4.79 Å². The molecule has 7 nitrogen and oxygen atoms in total. The van der Waals surface area contributed by atoms with Crippen molar-refractivity contribution in [2.75, 3.05) is 45.7 Å². The quantitative estimate of drug-likeness (QED) is 0.333. The van der Waals surface area contributed by atoms with Crippen LogP contribution in [0.1, 0.15) is 29.3 Å². The second-order valence-corrected chi connectivity index (χ2v) is 7.25. The van der Waals surface area contributed by atoms with Crippen molar-refractivity contribution in [2.24, 2.45) is 4.99 Å². The molecule has 2 N–H and O–H groups in total. The lowest BCUT2D eigenvalue weighted by atomic mass is 10.1. The standard InChI is InChI=1S/C23H30N4O3.HI/c1-4-24-23(26-19-9-10-20-21(16-19)30-14-6-13-29-20)25-12-11-17-7-5-8-18(15-17)22(28)27(2)3;/h5,7-10,15-16H,4,6,11-14H2,1-3H3,(H2,24,25,26);1H. The van der Waals surface area contributed by atoms with Gasteiger partial charge in [-0.3, -0.25) is 9.79 Å². The van der Waals surface area contributed by atoms with Gasteiger partial charge >= 0.3 is 0 Å². The number of carbonyl (C=O) groups excluding carboxylic acids is 1. The number of ether oxygens (including phenoxy) is 2. The number of carbonyl (C=O) groups is 1. The summed E-state index contributed by atoms with van der Waals surface area (Å²) in [6, 6.07) is 13.5. The van der Waals surface area contributed by atoms with E-state index in [-0.39, 0.29) is 29.9 Å². The number of fused-ring (bicyclic) bond motifs is 1. The van der Waals surface area contributed by atoms with Crippen LogP contribution in [0.3, 0.4) is 0 Å². The minimum atomic E-state index is 0. The minimum Gasteiger partial charge on any atom is -0.490 e. The smallest absolute Gasteiger partial charge is 0.253 e. The number of aliphatic imine (C=N–C) groups is 1. The maximum Gasteiger partial charge on any atom is 0.253 e. The Morgan fingerprint density at radius 3 is 2.61 bits per heavy atom. The molecule has 0 fully saturated rings. The number of amides is 1. The Hall–Kier alpha value is -2.49. The molecular weight excluding hydrogens is 507 g/mol. The molecule has 0 spiro atoms. The number of hydrogen-bond donors (Lipinski definition) is 2. The van der Waals surface area contributed by atoms with E-state index >= 15 is 0 Å². The molecule has 1 heterocycles. The van der Waals surface area contributed by atoms with E-state index in [0.29, 0.717) is 31.3 Å². The molecular formula is C23H31IN4O3. The second kappa shape index (κ2) is 12.4. The fraction of sp³-hybridized carbons (Fsp3) is 0.391. The van der Waals surface area contributed by atoms with Crippen LogP contribution in [-0.2, 0) is 6.42 Å². The maximum atomic E-state index is 12.1. The number of benzene rings is 2. The van der Waals surface area contributed by atoms with Crippen molar-refractivity contribution in [1.29, 1.82) is 0 Å². The van der Waals surface area contributed by atoms with Crippen LogP contribution in [0.25, 0.3) is 0 Å². The average Bonchev–Trinajstić information content (AvgIpc) is 2.98. The summed E-state index contributed by atoms with van der Waals surface area (Å²) in [5, 5.41) is 6.58. The summed E-state index contributed by atoms with van der Waals surface area (Å²) in [6.45, 7) is 4.70. The van der Waals surface area contributed by atoms with Crippen LogP contribution in [0.4, 0.5) is 5.69 Å². The number of guanidine groups is 1. The summed E-state index contributed by atoms with van der Waals surface area (Å²) in [4.78, 5) is 18.4. The maximum absolute atomic E-state index is 12.1. The van der Waals surface area contributed by atoms with Crippen LogP contribution in [0.15, 0.2) is 47.5 Å². The molecule has 0 saturated heterocycles. The lowest BCUT2D eigenvalue weighted by molar-refractivity contribution is 0.0827. The second-order valence-electron chi connectivity index (χ2n) is 7.25. The zero-order valence-corrected chi connectivity index (χ0v) is 20.6. The third kappa shape index (κ3) is 7.30. The van der Waals surface area contributed by atoms with Crippen LogP contribution in [0.2, 0.25) is 0 Å². The molecule has 0 bridgehead atoms. The molecule has 0 atom stereocenters. The van der Waals surface area contributed by atoms with Crippen LogP contribution >= 0.6 is 24.0 Å². The molecule has 0 aromatic heterocycles. The van der Waals surface area contributed by atoms with Crippen molar-refractivity contribution in [3.05, 3.63) is 53.6 Å². The molecule has 8 heteroatoms. The minimum absolute atomic E-state index is 0. The highest BCUT2D eigenvalue weighted by Crippen LogP contribution is 2.32. The van der Waals surface area contributed by atoms with Crippen molar-refractivity contribution in [1.82, 2.24) is 10.2 Å². The molecule has 0 aliphatic carbocycles. The van der Waals surface area contributed by atoms with Gasteiger partial charge in [-0.25, -0.2) is 0 Å². The first-order valence-corrected chi connectivity index (χ1v) is 10.3. The average molecular weight is 538 g/mol. The van der Waals surface area contributed by atoms with E-state index < -0.39 is 0 Å². The monoisotopic (exact) mass is 538 g/mol. The number of anilines is 1. The highest BCUT2D eigenvalue weighted by molar-refractivity contribution is 14.0. The largest absolute Gasteiger partial charge is 0.490 e. The molecule has 0 saturated carbocycles. The first-order valence-electron chi connectivity index (χ1n) is 10.3. The van der Waals surface area contributed by atoms with Gasteiger partial charge in [0.25, 0.3) is 5.91 Å². The van der Waals surface area contributed by atoms with E-state index in [1.165, 1.54) is 0 Å². The molecule has 1 aliphatic rings. The summed E-state index contributed by atoms with van der Waals surface area (Å²) in [5.41, 5.74) is 2.66. The third-order valence-corrected chi connectivity index (χ3v) is 4.60. The molecule has 1 aliphatic heterocycles. The van der Waals surface area contributed by atoms with Crippen molar-refractivity contribution < 1.29 is 14.3 Å². The Kier molecular flexibility index (Phi) is 9.90. The van der Waals surface area contributed by atoms with Crippen LogP contribution in [0, 0.1) is 0 Å². The topological polar surface area (TPSA) is 75.2 Å². The van der Waals surface area contributed by atoms with Crippen molar-refractivity contribution in [3.8, 4) is 11.5 Å². The highest BCUT2D eigenvalue weighted by atomic mass is 127. The van der Waals surface area contributed by atoms with Gasteiger partial charge in [0.2, 0.25) is 0 Å². The zero-order valence-electron chi connectivity index (χ0n) is 18.3. The lowest BCUT2D eigenvalue weighted by Crippen LogP contribution is -2.30. The Morgan fingerprint density at radius 1 is 1.10 bits per heavy atom. The summed E-state index contributed by atoms with van der Waals surface area (Å²) < 4.78 is 11.4. The molecule has 0 radical (unpaired) electrons. The molecule has 2 aromatic carbocycles. The Balaban J connectivity index is 0.00000341. The number of nitrogens with one attached hydrogen (secondary N) is 2. The molecule has 168 valence electrons. The normalized spacial score (nSPS) is 12.9.